The third kappa shape index (κ3) is 1.16. The summed E-state index contributed by atoms with van der Waals surface area (Å²) >= 11 is 0. The first-order valence-electron chi connectivity index (χ1n) is 2.84. The molecule has 1 heteroatoms. The Labute approximate surface area is 44.7 Å². The van der Waals surface area contributed by atoms with Crippen molar-refractivity contribution in [1.29, 1.82) is 0 Å². The zero-order chi connectivity index (χ0) is 5.11. The van der Waals surface area contributed by atoms with Gasteiger partial charge in [0.15, 0.2) is 0 Å². The van der Waals surface area contributed by atoms with Crippen LogP contribution in [0.3, 0.4) is 0 Å². The summed E-state index contributed by atoms with van der Waals surface area (Å²) in [6.07, 6.45) is 5.07. The van der Waals surface area contributed by atoms with Gasteiger partial charge in [0.05, 0.1) is 6.10 Å². The van der Waals surface area contributed by atoms with Gasteiger partial charge in [0.1, 0.15) is 0 Å². The molecule has 0 saturated carbocycles. The average Bonchev–Trinajstić information content (AvgIpc) is 2.14. The predicted octanol–water partition coefficient (Wildman–Crippen LogP) is 1.39. The molecule has 1 unspecified atom stereocenters. The highest BCUT2D eigenvalue weighted by Gasteiger charge is 2.11. The molecule has 1 atom stereocenters. The monoisotopic (exact) mass is 99.1 g/mol. The van der Waals surface area contributed by atoms with Crippen LogP contribution in [0.5, 0.6) is 0 Å². The molecule has 1 nitrogen and oxygen atoms in total. The molecule has 0 aromatic rings. The first-order chi connectivity index (χ1) is 3.43. The summed E-state index contributed by atoms with van der Waals surface area (Å²) in [5.41, 5.74) is 0. The molecule has 7 heavy (non-hydrogen) atoms. The van der Waals surface area contributed by atoms with Crippen LogP contribution in [-0.4, -0.2) is 12.7 Å². The minimum absolute atomic E-state index is 0.472. The molecule has 0 spiro atoms. The van der Waals surface area contributed by atoms with E-state index in [0.717, 1.165) is 6.61 Å². The van der Waals surface area contributed by atoms with Gasteiger partial charge in [-0.2, -0.15) is 0 Å². The van der Waals surface area contributed by atoms with Crippen LogP contribution in [0.15, 0.2) is 0 Å². The normalized spacial score (nSPS) is 31.3. The van der Waals surface area contributed by atoms with Crippen LogP contribution in [0.1, 0.15) is 19.8 Å². The smallest absolute Gasteiger partial charge is 0.0605 e. The van der Waals surface area contributed by atoms with Gasteiger partial charge in [-0.05, 0) is 19.3 Å². The first-order valence-corrected chi connectivity index (χ1v) is 2.84. The molecule has 0 amide bonds. The van der Waals surface area contributed by atoms with Crippen LogP contribution < -0.4 is 0 Å². The Kier molecular flexibility index (Phi) is 1.69. The standard InChI is InChI=1S/C6H11O/c1-2-6-4-3-5-7-6/h2,6H,3-5H2,1H3. The quantitative estimate of drug-likeness (QED) is 0.482. The van der Waals surface area contributed by atoms with Crippen LogP contribution in [-0.2, 0) is 4.74 Å². The second-order valence-electron chi connectivity index (χ2n) is 1.88. The lowest BCUT2D eigenvalue weighted by Gasteiger charge is -2.00. The van der Waals surface area contributed by atoms with Gasteiger partial charge in [-0.15, -0.1) is 0 Å². The summed E-state index contributed by atoms with van der Waals surface area (Å²) < 4.78 is 5.25. The maximum absolute atomic E-state index is 5.25. The molecule has 0 N–H and O–H groups in total. The van der Waals surface area contributed by atoms with E-state index in [9.17, 15) is 0 Å². The van der Waals surface area contributed by atoms with Crippen LogP contribution in [0.2, 0.25) is 0 Å². The van der Waals surface area contributed by atoms with Crippen molar-refractivity contribution >= 4 is 0 Å². The van der Waals surface area contributed by atoms with Crippen molar-refractivity contribution < 1.29 is 4.74 Å². The Morgan fingerprint density at radius 1 is 1.71 bits per heavy atom. The third-order valence-corrected chi connectivity index (χ3v) is 1.34. The first kappa shape index (κ1) is 5.10. The highest BCUT2D eigenvalue weighted by atomic mass is 16.5. The highest BCUT2D eigenvalue weighted by molar-refractivity contribution is 4.75. The van der Waals surface area contributed by atoms with Gasteiger partial charge < -0.3 is 4.74 Å². The van der Waals surface area contributed by atoms with Crippen molar-refractivity contribution in [2.75, 3.05) is 6.61 Å². The van der Waals surface area contributed by atoms with Gasteiger partial charge in [-0.3, -0.25) is 0 Å². The van der Waals surface area contributed by atoms with E-state index in [1.165, 1.54) is 12.8 Å². The molecule has 41 valence electrons. The molecule has 1 aliphatic rings. The maximum atomic E-state index is 5.25. The topological polar surface area (TPSA) is 9.23 Å². The molecule has 0 aromatic heterocycles. The van der Waals surface area contributed by atoms with Crippen LogP contribution in [0.25, 0.3) is 0 Å². The fourth-order valence-corrected chi connectivity index (χ4v) is 0.865. The average molecular weight is 99.2 g/mol. The number of rotatable bonds is 1. The lowest BCUT2D eigenvalue weighted by molar-refractivity contribution is 0.134. The zero-order valence-electron chi connectivity index (χ0n) is 4.68. The van der Waals surface area contributed by atoms with E-state index in [-0.39, 0.29) is 0 Å². The van der Waals surface area contributed by atoms with Crippen LogP contribution in [0.4, 0.5) is 0 Å². The fraction of sp³-hybridized carbons (Fsp3) is 0.833. The summed E-state index contributed by atoms with van der Waals surface area (Å²) in [6.45, 7) is 3.02. The lowest BCUT2D eigenvalue weighted by Crippen LogP contribution is -2.01. The van der Waals surface area contributed by atoms with Crippen molar-refractivity contribution in [3.8, 4) is 0 Å². The summed E-state index contributed by atoms with van der Waals surface area (Å²) in [7, 11) is 0. The van der Waals surface area contributed by atoms with Gasteiger partial charge in [-0.1, -0.05) is 6.92 Å². The summed E-state index contributed by atoms with van der Waals surface area (Å²) in [4.78, 5) is 0. The molecule has 1 aliphatic heterocycles. The van der Waals surface area contributed by atoms with E-state index in [1.807, 2.05) is 0 Å². The van der Waals surface area contributed by atoms with Crippen molar-refractivity contribution in [2.24, 2.45) is 0 Å². The molecule has 0 aliphatic carbocycles. The minimum Gasteiger partial charge on any atom is -0.378 e. The van der Waals surface area contributed by atoms with E-state index in [0.29, 0.717) is 6.10 Å². The lowest BCUT2D eigenvalue weighted by atomic mass is 10.2. The fourth-order valence-electron chi connectivity index (χ4n) is 0.865. The minimum atomic E-state index is 0.472. The molecular weight excluding hydrogens is 88.1 g/mol. The number of hydrogen-bond donors (Lipinski definition) is 0. The van der Waals surface area contributed by atoms with E-state index in [1.54, 1.807) is 0 Å². The van der Waals surface area contributed by atoms with Gasteiger partial charge in [0.25, 0.3) is 0 Å². The second kappa shape index (κ2) is 2.31. The summed E-state index contributed by atoms with van der Waals surface area (Å²) in [6, 6.07) is 0. The number of ether oxygens (including phenoxy) is 1. The summed E-state index contributed by atoms with van der Waals surface area (Å²) in [5.74, 6) is 0. The van der Waals surface area contributed by atoms with Crippen LogP contribution in [0, 0.1) is 6.42 Å². The highest BCUT2D eigenvalue weighted by Crippen LogP contribution is 2.12. The van der Waals surface area contributed by atoms with Gasteiger partial charge in [-0.25, -0.2) is 0 Å². The van der Waals surface area contributed by atoms with Crippen molar-refractivity contribution in [1.82, 2.24) is 0 Å². The van der Waals surface area contributed by atoms with Gasteiger partial charge in [0, 0.05) is 6.61 Å². The largest absolute Gasteiger partial charge is 0.378 e. The molecule has 0 aromatic carbocycles. The number of hydrogen-bond acceptors (Lipinski definition) is 1. The maximum Gasteiger partial charge on any atom is 0.0605 e. The van der Waals surface area contributed by atoms with Gasteiger partial charge in [0.2, 0.25) is 0 Å². The van der Waals surface area contributed by atoms with E-state index < -0.39 is 0 Å². The third-order valence-electron chi connectivity index (χ3n) is 1.34. The van der Waals surface area contributed by atoms with Crippen molar-refractivity contribution in [3.63, 3.8) is 0 Å². The zero-order valence-corrected chi connectivity index (χ0v) is 4.68. The Morgan fingerprint density at radius 3 is 2.86 bits per heavy atom. The molecule has 1 radical (unpaired) electrons. The Bertz CT molecular complexity index is 46.1. The van der Waals surface area contributed by atoms with Crippen molar-refractivity contribution in [3.05, 3.63) is 6.42 Å². The molecule has 1 fully saturated rings. The molecular formula is C6H11O. The van der Waals surface area contributed by atoms with Crippen molar-refractivity contribution in [2.45, 2.75) is 25.9 Å². The second-order valence-corrected chi connectivity index (χ2v) is 1.88. The molecule has 1 rings (SSSR count). The van der Waals surface area contributed by atoms with Crippen LogP contribution >= 0.6 is 0 Å². The molecule has 1 heterocycles. The van der Waals surface area contributed by atoms with Gasteiger partial charge >= 0.3 is 0 Å². The molecule has 1 saturated heterocycles. The Morgan fingerprint density at radius 2 is 2.57 bits per heavy atom. The Balaban J connectivity index is 2.14. The summed E-state index contributed by atoms with van der Waals surface area (Å²) in [5, 5.41) is 0. The SMILES string of the molecule is C[CH]C1CCCO1. The van der Waals surface area contributed by atoms with E-state index in [2.05, 4.69) is 13.3 Å². The Hall–Kier alpha value is -0.0400. The molecule has 0 bridgehead atoms. The predicted molar refractivity (Wildman–Crippen MR) is 28.9 cm³/mol. The van der Waals surface area contributed by atoms with E-state index in [4.69, 9.17) is 4.74 Å². The van der Waals surface area contributed by atoms with E-state index >= 15 is 0 Å².